The van der Waals surface area contributed by atoms with Crippen LogP contribution in [-0.2, 0) is 28.8 Å². The van der Waals surface area contributed by atoms with Gasteiger partial charge < -0.3 is 30.9 Å². The predicted octanol–water partition coefficient (Wildman–Crippen LogP) is 2.84. The summed E-state index contributed by atoms with van der Waals surface area (Å²) in [7, 11) is 0. The van der Waals surface area contributed by atoms with Gasteiger partial charge in [0.05, 0.1) is 18.6 Å². The monoisotopic (exact) mass is 548 g/mol. The molecule has 0 radical (unpaired) electrons. The molecule has 7 heteroatoms. The minimum atomic E-state index is -1.15. The minimum Gasteiger partial charge on any atom is -0.508 e. The van der Waals surface area contributed by atoms with E-state index in [0.29, 0.717) is 12.8 Å². The molecule has 0 unspecified atom stereocenters. The molecule has 0 saturated carbocycles. The van der Waals surface area contributed by atoms with Crippen LogP contribution >= 0.6 is 0 Å². The molecule has 7 N–H and O–H groups in total. The van der Waals surface area contributed by atoms with Crippen LogP contribution in [-0.4, -0.2) is 57.4 Å². The number of phenolic OH excluding ortho intramolecular Hbond substituents is 1. The van der Waals surface area contributed by atoms with Crippen LogP contribution in [0.1, 0.15) is 34.2 Å². The van der Waals surface area contributed by atoms with E-state index >= 15 is 0 Å². The molecule has 0 bridgehead atoms. The summed E-state index contributed by atoms with van der Waals surface area (Å²) in [6, 6.07) is 21.9. The Labute approximate surface area is 236 Å². The number of rotatable bonds is 14. The molecule has 0 heterocycles. The first-order valence-electron chi connectivity index (χ1n) is 13.7. The van der Waals surface area contributed by atoms with Crippen LogP contribution in [0.25, 0.3) is 0 Å². The van der Waals surface area contributed by atoms with Crippen molar-refractivity contribution in [2.75, 3.05) is 6.61 Å². The van der Waals surface area contributed by atoms with E-state index in [2.05, 4.69) is 5.73 Å². The maximum Gasteiger partial charge on any atom is 0.312 e. The third-order valence-electron chi connectivity index (χ3n) is 7.21. The van der Waals surface area contributed by atoms with Gasteiger partial charge in [0, 0.05) is 12.8 Å². The minimum absolute atomic E-state index is 0.214. The molecule has 3 rings (SSSR count). The number of hydrogen-bond acceptors (Lipinski definition) is 6. The molecule has 5 atom stereocenters. The quantitative estimate of drug-likeness (QED) is 0.155. The number of ether oxygens (including phenoxy) is 1. The Morgan fingerprint density at radius 3 is 2.00 bits per heavy atom. The van der Waals surface area contributed by atoms with Crippen molar-refractivity contribution < 1.29 is 35.7 Å². The predicted molar refractivity (Wildman–Crippen MR) is 154 cm³/mol. The van der Waals surface area contributed by atoms with Crippen LogP contribution in [0.4, 0.5) is 0 Å². The summed E-state index contributed by atoms with van der Waals surface area (Å²) in [5.41, 5.74) is 8.86. The average molecular weight is 549 g/mol. The van der Waals surface area contributed by atoms with E-state index in [1.54, 1.807) is 18.2 Å². The fourth-order valence-electron chi connectivity index (χ4n) is 4.86. The Bertz CT molecular complexity index is 1210. The Morgan fingerprint density at radius 1 is 0.900 bits per heavy atom. The molecule has 0 saturated heterocycles. The molecule has 3 aromatic carbocycles. The molecule has 40 heavy (non-hydrogen) atoms. The number of hydrogen-bond donors (Lipinski definition) is 5. The molecule has 0 spiro atoms. The molecule has 0 fully saturated rings. The van der Waals surface area contributed by atoms with Crippen molar-refractivity contribution >= 4 is 5.97 Å². The summed E-state index contributed by atoms with van der Waals surface area (Å²) in [6.45, 7) is 3.51. The van der Waals surface area contributed by atoms with Gasteiger partial charge in [0.1, 0.15) is 24.0 Å². The summed E-state index contributed by atoms with van der Waals surface area (Å²) < 4.78 is 5.66. The Kier molecular flexibility index (Phi) is 11.9. The molecule has 0 aliphatic carbocycles. The van der Waals surface area contributed by atoms with Crippen molar-refractivity contribution in [3.05, 3.63) is 113 Å². The van der Waals surface area contributed by atoms with E-state index in [9.17, 15) is 25.2 Å². The number of aromatic hydroxyl groups is 1. The first-order valence-corrected chi connectivity index (χ1v) is 13.7. The highest BCUT2D eigenvalue weighted by Crippen LogP contribution is 2.23. The van der Waals surface area contributed by atoms with Crippen molar-refractivity contribution in [2.45, 2.75) is 63.9 Å². The molecule has 7 nitrogen and oxygen atoms in total. The first-order chi connectivity index (χ1) is 19.2. The van der Waals surface area contributed by atoms with Gasteiger partial charge in [-0.25, -0.2) is 0 Å². The lowest BCUT2D eigenvalue weighted by atomic mass is 9.92. The van der Waals surface area contributed by atoms with Gasteiger partial charge in [-0.05, 0) is 66.6 Å². The van der Waals surface area contributed by atoms with Gasteiger partial charge in [-0.3, -0.25) is 4.79 Å². The van der Waals surface area contributed by atoms with Crippen molar-refractivity contribution in [1.82, 2.24) is 0 Å². The van der Waals surface area contributed by atoms with Crippen LogP contribution < -0.4 is 5.73 Å². The Balaban J connectivity index is 1.65. The normalized spacial score (nSPS) is 15.3. The van der Waals surface area contributed by atoms with E-state index in [1.165, 1.54) is 6.08 Å². The molecule has 0 aliphatic rings. The third-order valence-corrected chi connectivity index (χ3v) is 7.21. The summed E-state index contributed by atoms with van der Waals surface area (Å²) in [4.78, 5) is 13.2. The number of carbonyl (C=O) groups is 1. The van der Waals surface area contributed by atoms with E-state index in [-0.39, 0.29) is 31.2 Å². The molecule has 0 amide bonds. The van der Waals surface area contributed by atoms with Gasteiger partial charge in [0.15, 0.2) is 0 Å². The number of aryl methyl sites for hydroxylation is 2. The van der Waals surface area contributed by atoms with Crippen LogP contribution in [0.2, 0.25) is 0 Å². The maximum atomic E-state index is 13.2. The smallest absolute Gasteiger partial charge is 0.312 e. The largest absolute Gasteiger partial charge is 0.508 e. The van der Waals surface area contributed by atoms with Crippen molar-refractivity contribution in [3.8, 4) is 5.75 Å². The number of aliphatic hydroxyl groups is 3. The average Bonchev–Trinajstić information content (AvgIpc) is 2.94. The second-order valence-corrected chi connectivity index (χ2v) is 10.5. The summed E-state index contributed by atoms with van der Waals surface area (Å²) in [6.07, 6.45) is 1.96. The number of esters is 1. The fourth-order valence-corrected chi connectivity index (χ4v) is 4.86. The molecule has 0 aromatic heterocycles. The van der Waals surface area contributed by atoms with Gasteiger partial charge in [-0.1, -0.05) is 72.8 Å². The van der Waals surface area contributed by atoms with Gasteiger partial charge in [-0.2, -0.15) is 0 Å². The topological polar surface area (TPSA) is 135 Å². The lowest BCUT2D eigenvalue weighted by molar-refractivity contribution is -0.436. The molecule has 3 aromatic rings. The van der Waals surface area contributed by atoms with Gasteiger partial charge >= 0.3 is 5.97 Å². The number of phenols is 1. The van der Waals surface area contributed by atoms with Crippen LogP contribution in [0.5, 0.6) is 5.75 Å². The maximum absolute atomic E-state index is 13.2. The van der Waals surface area contributed by atoms with E-state index in [0.717, 1.165) is 27.8 Å². The van der Waals surface area contributed by atoms with Crippen LogP contribution in [0, 0.1) is 19.8 Å². The lowest BCUT2D eigenvalue weighted by Crippen LogP contribution is -2.67. The molecular formula is C33H42NO6+. The highest BCUT2D eigenvalue weighted by atomic mass is 16.6. The van der Waals surface area contributed by atoms with Crippen LogP contribution in [0.3, 0.4) is 0 Å². The molecule has 214 valence electrons. The van der Waals surface area contributed by atoms with Gasteiger partial charge in [-0.15, -0.1) is 0 Å². The second kappa shape index (κ2) is 15.3. The van der Waals surface area contributed by atoms with E-state index < -0.39 is 30.2 Å². The first kappa shape index (κ1) is 31.0. The number of quaternary nitrogens is 1. The summed E-state index contributed by atoms with van der Waals surface area (Å²) >= 11 is 0. The standard InChI is InChI=1S/C33H41NO6/c1-22-16-26(36)17-23(2)28(22)20-30(34)32(38)15-9-14-31(37)29(19-25-12-7-4-8-13-25)33(39)40-27(21-35)18-24-10-5-3-6-11-24/h3-14,16-17,27,29-32,35-38H,15,18-21,34H2,1-2H3/p+1/b14-9+/t27-,29+,30-,31-,32-/m0/s1. The van der Waals surface area contributed by atoms with Crippen molar-refractivity contribution in [2.24, 2.45) is 5.92 Å². The third kappa shape index (κ3) is 9.31. The van der Waals surface area contributed by atoms with Crippen molar-refractivity contribution in [3.63, 3.8) is 0 Å². The summed E-state index contributed by atoms with van der Waals surface area (Å²) in [5.74, 6) is -1.27. The zero-order valence-corrected chi connectivity index (χ0v) is 23.3. The zero-order chi connectivity index (χ0) is 29.1. The van der Waals surface area contributed by atoms with E-state index in [4.69, 9.17) is 4.74 Å². The number of aliphatic hydroxyl groups excluding tert-OH is 3. The SMILES string of the molecule is Cc1cc(O)cc(C)c1C[C@H]([NH3+])[C@@H](O)C/C=C/[C@H](O)[C@@H](Cc1ccccc1)C(=O)O[C@H](CO)Cc1ccccc1. The van der Waals surface area contributed by atoms with E-state index in [1.807, 2.05) is 74.5 Å². The second-order valence-electron chi connectivity index (χ2n) is 10.5. The van der Waals surface area contributed by atoms with Crippen molar-refractivity contribution in [1.29, 1.82) is 0 Å². The summed E-state index contributed by atoms with van der Waals surface area (Å²) in [5, 5.41) is 41.4. The molecular weight excluding hydrogens is 506 g/mol. The van der Waals surface area contributed by atoms with Crippen LogP contribution in [0.15, 0.2) is 84.9 Å². The zero-order valence-electron chi connectivity index (χ0n) is 23.3. The highest BCUT2D eigenvalue weighted by molar-refractivity contribution is 5.74. The van der Waals surface area contributed by atoms with Gasteiger partial charge in [0.25, 0.3) is 0 Å². The highest BCUT2D eigenvalue weighted by Gasteiger charge is 2.29. The number of carbonyl (C=O) groups excluding carboxylic acids is 1. The van der Waals surface area contributed by atoms with Gasteiger partial charge in [0.2, 0.25) is 0 Å². The Hall–Kier alpha value is -3.49. The number of benzene rings is 3. The Morgan fingerprint density at radius 2 is 1.45 bits per heavy atom. The lowest BCUT2D eigenvalue weighted by Gasteiger charge is -2.23. The molecule has 0 aliphatic heterocycles. The fraction of sp³-hybridized carbons (Fsp3) is 0.364.